The topological polar surface area (TPSA) is 71.7 Å². The fourth-order valence-corrected chi connectivity index (χ4v) is 1.48. The Balaban J connectivity index is 2.23. The van der Waals surface area contributed by atoms with Crippen LogP contribution < -0.4 is 5.32 Å². The number of aliphatic hydroxyl groups is 1. The molecule has 0 aliphatic carbocycles. The Kier molecular flexibility index (Phi) is 6.59. The zero-order valence-corrected chi connectivity index (χ0v) is 11.8. The number of furan rings is 1. The quantitative estimate of drug-likeness (QED) is 0.756. The summed E-state index contributed by atoms with van der Waals surface area (Å²) in [7, 11) is 0. The lowest BCUT2D eigenvalue weighted by Crippen LogP contribution is -2.37. The summed E-state index contributed by atoms with van der Waals surface area (Å²) in [6.45, 7) is 6.59. The highest BCUT2D eigenvalue weighted by molar-refractivity contribution is 5.80. The van der Waals surface area contributed by atoms with E-state index in [9.17, 15) is 9.90 Å². The molecule has 0 aromatic carbocycles. The molecule has 19 heavy (non-hydrogen) atoms. The van der Waals surface area contributed by atoms with Crippen LogP contribution in [0.15, 0.2) is 22.8 Å². The summed E-state index contributed by atoms with van der Waals surface area (Å²) in [5.74, 6) is 0.763. The second-order valence-electron chi connectivity index (χ2n) is 4.97. The summed E-state index contributed by atoms with van der Waals surface area (Å²) in [4.78, 5) is 11.7. The lowest BCUT2D eigenvalue weighted by Gasteiger charge is -2.15. The second-order valence-corrected chi connectivity index (χ2v) is 4.97. The van der Waals surface area contributed by atoms with E-state index in [1.54, 1.807) is 19.1 Å². The summed E-state index contributed by atoms with van der Waals surface area (Å²) < 4.78 is 10.5. The molecule has 1 heterocycles. The van der Waals surface area contributed by atoms with Gasteiger partial charge in [-0.1, -0.05) is 13.8 Å². The first-order valence-electron chi connectivity index (χ1n) is 6.61. The predicted molar refractivity (Wildman–Crippen MR) is 71.5 cm³/mol. The van der Waals surface area contributed by atoms with Crippen LogP contribution >= 0.6 is 0 Å². The van der Waals surface area contributed by atoms with E-state index in [2.05, 4.69) is 19.2 Å². The van der Waals surface area contributed by atoms with Crippen molar-refractivity contribution < 1.29 is 19.1 Å². The van der Waals surface area contributed by atoms with Gasteiger partial charge >= 0.3 is 0 Å². The third kappa shape index (κ3) is 5.89. The second kappa shape index (κ2) is 7.96. The van der Waals surface area contributed by atoms with Gasteiger partial charge in [-0.15, -0.1) is 0 Å². The normalized spacial score (nSPS) is 14.4. The number of hydrogen-bond donors (Lipinski definition) is 2. The summed E-state index contributed by atoms with van der Waals surface area (Å²) in [5.41, 5.74) is 0. The Morgan fingerprint density at radius 2 is 2.21 bits per heavy atom. The van der Waals surface area contributed by atoms with Gasteiger partial charge in [0.1, 0.15) is 18.0 Å². The van der Waals surface area contributed by atoms with Gasteiger partial charge in [0.2, 0.25) is 5.91 Å². The maximum absolute atomic E-state index is 11.7. The van der Waals surface area contributed by atoms with Crippen LogP contribution in [0.25, 0.3) is 0 Å². The first kappa shape index (κ1) is 15.7. The summed E-state index contributed by atoms with van der Waals surface area (Å²) in [6.07, 6.45) is 1.06. The number of ether oxygens (including phenoxy) is 1. The van der Waals surface area contributed by atoms with Crippen LogP contribution in [-0.4, -0.2) is 30.3 Å². The minimum Gasteiger partial charge on any atom is -0.467 e. The van der Waals surface area contributed by atoms with E-state index in [1.807, 2.05) is 0 Å². The number of nitrogens with one attached hydrogen (secondary N) is 1. The maximum atomic E-state index is 11.7. The van der Waals surface area contributed by atoms with Crippen LogP contribution in [0.1, 0.15) is 39.1 Å². The van der Waals surface area contributed by atoms with Crippen LogP contribution in [-0.2, 0) is 9.53 Å². The van der Waals surface area contributed by atoms with E-state index >= 15 is 0 Å². The van der Waals surface area contributed by atoms with Gasteiger partial charge in [-0.2, -0.15) is 0 Å². The fraction of sp³-hybridized carbons (Fsp3) is 0.643. The molecule has 2 N–H and O–H groups in total. The SMILES string of the molecule is CC(C)CCOC(C)C(=O)NCC(O)c1ccco1. The molecule has 0 saturated carbocycles. The average molecular weight is 269 g/mol. The number of amides is 1. The molecule has 0 bridgehead atoms. The molecule has 0 saturated heterocycles. The third-order valence-electron chi connectivity index (χ3n) is 2.77. The van der Waals surface area contributed by atoms with E-state index in [4.69, 9.17) is 9.15 Å². The molecule has 1 rings (SSSR count). The minimum absolute atomic E-state index is 0.115. The zero-order chi connectivity index (χ0) is 14.3. The lowest BCUT2D eigenvalue weighted by atomic mass is 10.1. The molecule has 0 fully saturated rings. The molecular formula is C14H23NO4. The molecule has 2 atom stereocenters. The number of hydrogen-bond acceptors (Lipinski definition) is 4. The summed E-state index contributed by atoms with van der Waals surface area (Å²) in [6, 6.07) is 3.36. The number of aliphatic hydroxyl groups excluding tert-OH is 1. The van der Waals surface area contributed by atoms with E-state index in [-0.39, 0.29) is 12.5 Å². The third-order valence-corrected chi connectivity index (χ3v) is 2.77. The van der Waals surface area contributed by atoms with Crippen molar-refractivity contribution in [3.8, 4) is 0 Å². The van der Waals surface area contributed by atoms with Crippen molar-refractivity contribution in [2.24, 2.45) is 5.92 Å². The Hall–Kier alpha value is -1.33. The monoisotopic (exact) mass is 269 g/mol. The van der Waals surface area contributed by atoms with Gasteiger partial charge in [-0.3, -0.25) is 4.79 Å². The van der Waals surface area contributed by atoms with Crippen LogP contribution in [0.3, 0.4) is 0 Å². The van der Waals surface area contributed by atoms with Crippen molar-refractivity contribution in [3.63, 3.8) is 0 Å². The Morgan fingerprint density at radius 3 is 2.79 bits per heavy atom. The average Bonchev–Trinajstić information content (AvgIpc) is 2.88. The Morgan fingerprint density at radius 1 is 1.47 bits per heavy atom. The molecule has 0 aliphatic heterocycles. The molecule has 0 aliphatic rings. The number of rotatable bonds is 8. The van der Waals surface area contributed by atoms with Gasteiger partial charge in [0.05, 0.1) is 12.8 Å². The van der Waals surface area contributed by atoms with Gasteiger partial charge in [0.15, 0.2) is 0 Å². The van der Waals surface area contributed by atoms with E-state index in [0.29, 0.717) is 18.3 Å². The summed E-state index contributed by atoms with van der Waals surface area (Å²) >= 11 is 0. The van der Waals surface area contributed by atoms with Gasteiger partial charge in [0.25, 0.3) is 0 Å². The van der Waals surface area contributed by atoms with Crippen LogP contribution in [0.2, 0.25) is 0 Å². The van der Waals surface area contributed by atoms with Crippen molar-refractivity contribution >= 4 is 5.91 Å². The largest absolute Gasteiger partial charge is 0.467 e. The Bertz CT molecular complexity index is 362. The van der Waals surface area contributed by atoms with Crippen molar-refractivity contribution in [3.05, 3.63) is 24.2 Å². The van der Waals surface area contributed by atoms with Crippen molar-refractivity contribution in [1.82, 2.24) is 5.32 Å². The molecule has 108 valence electrons. The first-order valence-corrected chi connectivity index (χ1v) is 6.61. The predicted octanol–water partition coefficient (Wildman–Crippen LogP) is 1.88. The highest BCUT2D eigenvalue weighted by Gasteiger charge is 2.16. The Labute approximate surface area is 113 Å². The van der Waals surface area contributed by atoms with Crippen molar-refractivity contribution in [1.29, 1.82) is 0 Å². The van der Waals surface area contributed by atoms with Gasteiger partial charge < -0.3 is 19.6 Å². The fourth-order valence-electron chi connectivity index (χ4n) is 1.48. The van der Waals surface area contributed by atoms with Gasteiger partial charge in [-0.25, -0.2) is 0 Å². The lowest BCUT2D eigenvalue weighted by molar-refractivity contribution is -0.132. The van der Waals surface area contributed by atoms with Crippen LogP contribution in [0.4, 0.5) is 0 Å². The molecule has 2 unspecified atom stereocenters. The van der Waals surface area contributed by atoms with Gasteiger partial charge in [0, 0.05) is 6.61 Å². The van der Waals surface area contributed by atoms with Crippen LogP contribution in [0.5, 0.6) is 0 Å². The molecule has 5 heteroatoms. The molecule has 0 spiro atoms. The molecule has 5 nitrogen and oxygen atoms in total. The molecule has 0 radical (unpaired) electrons. The molecular weight excluding hydrogens is 246 g/mol. The van der Waals surface area contributed by atoms with E-state index < -0.39 is 12.2 Å². The van der Waals surface area contributed by atoms with Crippen molar-refractivity contribution in [2.75, 3.05) is 13.2 Å². The zero-order valence-electron chi connectivity index (χ0n) is 11.8. The maximum Gasteiger partial charge on any atom is 0.248 e. The standard InChI is InChI=1S/C14H23NO4/c1-10(2)6-8-18-11(3)14(17)15-9-12(16)13-5-4-7-19-13/h4-5,7,10-12,16H,6,8-9H2,1-3H3,(H,15,17). The molecule has 1 aromatic rings. The highest BCUT2D eigenvalue weighted by Crippen LogP contribution is 2.11. The number of carbonyl (C=O) groups is 1. The smallest absolute Gasteiger partial charge is 0.248 e. The van der Waals surface area contributed by atoms with E-state index in [1.165, 1.54) is 6.26 Å². The molecule has 1 amide bonds. The van der Waals surface area contributed by atoms with Gasteiger partial charge in [-0.05, 0) is 31.4 Å². The first-order chi connectivity index (χ1) is 9.00. The summed E-state index contributed by atoms with van der Waals surface area (Å²) in [5, 5.41) is 12.4. The highest BCUT2D eigenvalue weighted by atomic mass is 16.5. The van der Waals surface area contributed by atoms with E-state index in [0.717, 1.165) is 6.42 Å². The van der Waals surface area contributed by atoms with Crippen molar-refractivity contribution in [2.45, 2.75) is 39.4 Å². The number of carbonyl (C=O) groups excluding carboxylic acids is 1. The molecule has 1 aromatic heterocycles. The minimum atomic E-state index is -0.832. The van der Waals surface area contributed by atoms with Crippen LogP contribution in [0, 0.1) is 5.92 Å².